The van der Waals surface area contributed by atoms with Crippen LogP contribution in [0.15, 0.2) is 35.2 Å². The molecule has 5 nitrogen and oxygen atoms in total. The SMILES string of the molecule is N#N.O=S(=O)(O)c1ccccc1.[H-].[Na+]. The van der Waals surface area contributed by atoms with Gasteiger partial charge in [0.15, 0.2) is 0 Å². The second-order valence-corrected chi connectivity index (χ2v) is 3.21. The maximum atomic E-state index is 10.4. The van der Waals surface area contributed by atoms with E-state index < -0.39 is 10.1 Å². The van der Waals surface area contributed by atoms with Gasteiger partial charge in [0.2, 0.25) is 0 Å². The summed E-state index contributed by atoms with van der Waals surface area (Å²) < 4.78 is 29.2. The van der Waals surface area contributed by atoms with Crippen molar-refractivity contribution in [1.82, 2.24) is 0 Å². The van der Waals surface area contributed by atoms with Crippen LogP contribution in [-0.2, 0) is 10.1 Å². The first kappa shape index (κ1) is 15.0. The Morgan fingerprint density at radius 1 is 1.15 bits per heavy atom. The average molecular weight is 210 g/mol. The third kappa shape index (κ3) is 5.74. The fourth-order valence-electron chi connectivity index (χ4n) is 0.592. The molecule has 13 heavy (non-hydrogen) atoms. The van der Waals surface area contributed by atoms with E-state index in [1.165, 1.54) is 12.1 Å². The zero-order chi connectivity index (χ0) is 9.61. The van der Waals surface area contributed by atoms with Crippen LogP contribution in [0.5, 0.6) is 0 Å². The standard InChI is InChI=1S/C6H6O3S.N2.Na.H/c7-10(8,9)6-4-2-1-3-5-6;1-2;;/h1-5H,(H,7,8,9);;;/q;;+1;-1. The summed E-state index contributed by atoms with van der Waals surface area (Å²) in [4.78, 5) is -0.0741. The van der Waals surface area contributed by atoms with Crippen molar-refractivity contribution in [2.75, 3.05) is 0 Å². The summed E-state index contributed by atoms with van der Waals surface area (Å²) >= 11 is 0. The van der Waals surface area contributed by atoms with Crippen molar-refractivity contribution in [3.63, 3.8) is 0 Å². The predicted molar refractivity (Wildman–Crippen MR) is 40.8 cm³/mol. The topological polar surface area (TPSA) is 102 Å². The van der Waals surface area contributed by atoms with Crippen LogP contribution < -0.4 is 29.6 Å². The molecule has 0 unspecified atom stereocenters. The molecule has 0 amide bonds. The average Bonchev–Trinajstić information content (AvgIpc) is 2.08. The molecule has 66 valence electrons. The van der Waals surface area contributed by atoms with E-state index in [1.54, 1.807) is 18.2 Å². The molecule has 0 fully saturated rings. The van der Waals surface area contributed by atoms with Crippen LogP contribution >= 0.6 is 0 Å². The Labute approximate surface area is 99.7 Å². The zero-order valence-electron chi connectivity index (χ0n) is 7.95. The Bertz CT molecular complexity index is 354. The molecule has 0 aliphatic rings. The molecule has 0 aromatic heterocycles. The van der Waals surface area contributed by atoms with Crippen LogP contribution in [0, 0.1) is 10.8 Å². The van der Waals surface area contributed by atoms with Gasteiger partial charge >= 0.3 is 29.6 Å². The fraction of sp³-hybridized carbons (Fsp3) is 0. The van der Waals surface area contributed by atoms with E-state index in [0.717, 1.165) is 0 Å². The van der Waals surface area contributed by atoms with Gasteiger partial charge in [-0.3, -0.25) is 4.55 Å². The van der Waals surface area contributed by atoms with Gasteiger partial charge < -0.3 is 1.43 Å². The van der Waals surface area contributed by atoms with Gasteiger partial charge in [-0.15, -0.1) is 0 Å². The zero-order valence-corrected chi connectivity index (χ0v) is 9.77. The smallest absolute Gasteiger partial charge is 1.00 e. The molecule has 1 aromatic carbocycles. The molecule has 0 radical (unpaired) electrons. The molecule has 0 atom stereocenters. The van der Waals surface area contributed by atoms with E-state index in [9.17, 15) is 8.42 Å². The van der Waals surface area contributed by atoms with Gasteiger partial charge in [0, 0.05) is 10.8 Å². The summed E-state index contributed by atoms with van der Waals surface area (Å²) in [6.45, 7) is 0. The Morgan fingerprint density at radius 3 is 1.77 bits per heavy atom. The third-order valence-corrected chi connectivity index (χ3v) is 1.91. The minimum absolute atomic E-state index is 0. The third-order valence-electron chi connectivity index (χ3n) is 1.04. The van der Waals surface area contributed by atoms with Crippen molar-refractivity contribution in [3.05, 3.63) is 30.3 Å². The number of hydrogen-bond donors (Lipinski definition) is 1. The summed E-state index contributed by atoms with van der Waals surface area (Å²) in [5, 5.41) is 12.0. The quantitative estimate of drug-likeness (QED) is 0.330. The monoisotopic (exact) mass is 210 g/mol. The van der Waals surface area contributed by atoms with Crippen LogP contribution in [0.2, 0.25) is 0 Å². The summed E-state index contributed by atoms with van der Waals surface area (Å²) in [6, 6.07) is 7.42. The fourth-order valence-corrected chi connectivity index (χ4v) is 1.09. The van der Waals surface area contributed by atoms with Gasteiger partial charge in [0.25, 0.3) is 10.1 Å². The maximum absolute atomic E-state index is 10.4. The second kappa shape index (κ2) is 7.00. The van der Waals surface area contributed by atoms with Crippen LogP contribution in [0.3, 0.4) is 0 Å². The summed E-state index contributed by atoms with van der Waals surface area (Å²) in [6.07, 6.45) is 0. The molecule has 7 heteroatoms. The molecular formula is C6H7N2NaO3S. The number of rotatable bonds is 1. The minimum Gasteiger partial charge on any atom is -1.00 e. The number of nitrogens with zero attached hydrogens (tertiary/aromatic N) is 2. The first-order valence-corrected chi connectivity index (χ1v) is 4.27. The Morgan fingerprint density at radius 2 is 1.54 bits per heavy atom. The van der Waals surface area contributed by atoms with Gasteiger partial charge in [-0.2, -0.15) is 8.42 Å². The van der Waals surface area contributed by atoms with E-state index >= 15 is 0 Å². The normalized spacial score (nSPS) is 8.85. The van der Waals surface area contributed by atoms with E-state index in [-0.39, 0.29) is 35.9 Å². The summed E-state index contributed by atoms with van der Waals surface area (Å²) in [5.74, 6) is 0. The molecule has 0 bridgehead atoms. The van der Waals surface area contributed by atoms with Crippen molar-refractivity contribution in [1.29, 1.82) is 10.8 Å². The largest absolute Gasteiger partial charge is 1.00 e. The van der Waals surface area contributed by atoms with Crippen molar-refractivity contribution in [2.24, 2.45) is 0 Å². The van der Waals surface area contributed by atoms with E-state index in [4.69, 9.17) is 15.3 Å². The van der Waals surface area contributed by atoms with Gasteiger partial charge in [-0.25, -0.2) is 0 Å². The van der Waals surface area contributed by atoms with E-state index in [2.05, 4.69) is 0 Å². The van der Waals surface area contributed by atoms with Gasteiger partial charge in [0.1, 0.15) is 0 Å². The molecule has 0 aliphatic heterocycles. The number of benzene rings is 1. The van der Waals surface area contributed by atoms with Crippen molar-refractivity contribution < 1.29 is 44.0 Å². The molecule has 0 aliphatic carbocycles. The number of hydrogen-bond acceptors (Lipinski definition) is 4. The van der Waals surface area contributed by atoms with Crippen LogP contribution in [0.4, 0.5) is 0 Å². The second-order valence-electron chi connectivity index (χ2n) is 1.79. The Hall–Kier alpha value is -0.450. The van der Waals surface area contributed by atoms with Crippen molar-refractivity contribution >= 4 is 10.1 Å². The molecule has 0 spiro atoms. The molecule has 0 saturated heterocycles. The molecule has 1 aromatic rings. The van der Waals surface area contributed by atoms with Crippen molar-refractivity contribution in [2.45, 2.75) is 4.90 Å². The minimum atomic E-state index is -4.00. The van der Waals surface area contributed by atoms with Gasteiger partial charge in [-0.05, 0) is 12.1 Å². The molecule has 1 N–H and O–H groups in total. The van der Waals surface area contributed by atoms with Crippen molar-refractivity contribution in [3.8, 4) is 0 Å². The molecule has 0 heterocycles. The predicted octanol–water partition coefficient (Wildman–Crippen LogP) is -1.92. The maximum Gasteiger partial charge on any atom is 1.00 e. The van der Waals surface area contributed by atoms with E-state index in [0.29, 0.717) is 0 Å². The Kier molecular flexibility index (Phi) is 8.10. The molecular weight excluding hydrogens is 203 g/mol. The van der Waals surface area contributed by atoms with Crippen LogP contribution in [0.25, 0.3) is 0 Å². The summed E-state index contributed by atoms with van der Waals surface area (Å²) in [7, 11) is -4.00. The van der Waals surface area contributed by atoms with Crippen LogP contribution in [-0.4, -0.2) is 13.0 Å². The Balaban J connectivity index is -0.000000284. The first-order chi connectivity index (χ1) is 5.61. The molecule has 0 saturated carbocycles. The van der Waals surface area contributed by atoms with E-state index in [1.807, 2.05) is 0 Å². The van der Waals surface area contributed by atoms with Crippen LogP contribution in [0.1, 0.15) is 1.43 Å². The first-order valence-electron chi connectivity index (χ1n) is 2.83. The molecule has 1 rings (SSSR count). The van der Waals surface area contributed by atoms with Gasteiger partial charge in [0.05, 0.1) is 4.90 Å². The summed E-state index contributed by atoms with van der Waals surface area (Å²) in [5.41, 5.74) is 0. The van der Waals surface area contributed by atoms with Gasteiger partial charge in [-0.1, -0.05) is 18.2 Å².